The molecule has 0 aliphatic carbocycles. The second-order valence-electron chi connectivity index (χ2n) is 10.3. The molecule has 0 unspecified atom stereocenters. The number of aromatic nitrogens is 3. The van der Waals surface area contributed by atoms with E-state index in [4.69, 9.17) is 0 Å². The van der Waals surface area contributed by atoms with Crippen molar-refractivity contribution in [3.8, 4) is 39.1 Å². The molecule has 0 aliphatic rings. The summed E-state index contributed by atoms with van der Waals surface area (Å²) in [6.07, 6.45) is 7.37. The standard InChI is InChI=1S/C38H25N3/c1-2-4-33(5-3-1)41-37-25-31(27-8-6-26(7-9-27)28-16-20-39-21-17-28)11-14-35(37)36-15-12-32-24-30(10-13-34(32)38(36)41)29-18-22-40-23-19-29/h1-25H. The van der Waals surface area contributed by atoms with Gasteiger partial charge < -0.3 is 4.57 Å². The zero-order chi connectivity index (χ0) is 27.2. The Morgan fingerprint density at radius 2 is 0.902 bits per heavy atom. The van der Waals surface area contributed by atoms with Gasteiger partial charge in [0.1, 0.15) is 0 Å². The molecule has 8 aromatic rings. The fourth-order valence-corrected chi connectivity index (χ4v) is 5.98. The summed E-state index contributed by atoms with van der Waals surface area (Å²) < 4.78 is 2.42. The molecule has 0 atom stereocenters. The van der Waals surface area contributed by atoms with Crippen LogP contribution in [-0.2, 0) is 0 Å². The molecule has 5 aromatic carbocycles. The third-order valence-corrected chi connectivity index (χ3v) is 8.00. The van der Waals surface area contributed by atoms with Gasteiger partial charge in [-0.25, -0.2) is 0 Å². The Balaban J connectivity index is 1.34. The number of para-hydroxylation sites is 1. The van der Waals surface area contributed by atoms with Crippen LogP contribution in [0.25, 0.3) is 71.6 Å². The summed E-state index contributed by atoms with van der Waals surface area (Å²) in [5, 5.41) is 4.97. The smallest absolute Gasteiger partial charge is 0.0619 e. The van der Waals surface area contributed by atoms with E-state index in [-0.39, 0.29) is 0 Å². The van der Waals surface area contributed by atoms with E-state index in [1.807, 2.05) is 36.9 Å². The summed E-state index contributed by atoms with van der Waals surface area (Å²) in [6.45, 7) is 0. The maximum Gasteiger partial charge on any atom is 0.0619 e. The van der Waals surface area contributed by atoms with Crippen LogP contribution < -0.4 is 0 Å². The van der Waals surface area contributed by atoms with Crippen LogP contribution in [0.3, 0.4) is 0 Å². The molecular weight excluding hydrogens is 498 g/mol. The van der Waals surface area contributed by atoms with E-state index in [2.05, 4.69) is 130 Å². The minimum Gasteiger partial charge on any atom is -0.309 e. The van der Waals surface area contributed by atoms with Crippen molar-refractivity contribution in [3.63, 3.8) is 0 Å². The number of rotatable bonds is 4. The van der Waals surface area contributed by atoms with Crippen LogP contribution in [0.15, 0.2) is 152 Å². The van der Waals surface area contributed by atoms with Gasteiger partial charge in [0.2, 0.25) is 0 Å². The molecule has 0 fully saturated rings. The summed E-state index contributed by atoms with van der Waals surface area (Å²) in [5.41, 5.74) is 10.7. The molecule has 3 heteroatoms. The molecule has 192 valence electrons. The summed E-state index contributed by atoms with van der Waals surface area (Å²) in [7, 11) is 0. The fourth-order valence-electron chi connectivity index (χ4n) is 5.98. The first-order valence-corrected chi connectivity index (χ1v) is 13.8. The highest BCUT2D eigenvalue weighted by atomic mass is 15.0. The summed E-state index contributed by atoms with van der Waals surface area (Å²) in [5.74, 6) is 0. The van der Waals surface area contributed by atoms with Crippen molar-refractivity contribution in [1.82, 2.24) is 14.5 Å². The molecule has 0 bridgehead atoms. The van der Waals surface area contributed by atoms with Gasteiger partial charge in [-0.2, -0.15) is 0 Å². The molecular formula is C38H25N3. The maximum atomic E-state index is 4.19. The minimum absolute atomic E-state index is 1.16. The molecule has 41 heavy (non-hydrogen) atoms. The van der Waals surface area contributed by atoms with Crippen LogP contribution >= 0.6 is 0 Å². The lowest BCUT2D eigenvalue weighted by molar-refractivity contribution is 1.19. The van der Waals surface area contributed by atoms with Crippen LogP contribution in [0, 0.1) is 0 Å². The normalized spacial score (nSPS) is 11.4. The summed E-state index contributed by atoms with van der Waals surface area (Å²) >= 11 is 0. The molecule has 0 N–H and O–H groups in total. The SMILES string of the molecule is c1ccc(-n2c3cc(-c4ccc(-c5ccncc5)cc4)ccc3c3ccc4cc(-c5ccncc5)ccc4c32)cc1. The molecule has 0 saturated heterocycles. The van der Waals surface area contributed by atoms with Crippen molar-refractivity contribution in [3.05, 3.63) is 152 Å². The number of nitrogens with zero attached hydrogens (tertiary/aromatic N) is 3. The maximum absolute atomic E-state index is 4.19. The first-order valence-electron chi connectivity index (χ1n) is 13.8. The number of pyridine rings is 2. The second-order valence-corrected chi connectivity index (χ2v) is 10.3. The Morgan fingerprint density at radius 1 is 0.390 bits per heavy atom. The molecule has 0 radical (unpaired) electrons. The van der Waals surface area contributed by atoms with Gasteiger partial charge in [-0.15, -0.1) is 0 Å². The number of benzene rings is 5. The van der Waals surface area contributed by atoms with Gasteiger partial charge >= 0.3 is 0 Å². The van der Waals surface area contributed by atoms with Gasteiger partial charge in [0.25, 0.3) is 0 Å². The Labute approximate surface area is 238 Å². The van der Waals surface area contributed by atoms with Crippen molar-refractivity contribution < 1.29 is 0 Å². The number of fused-ring (bicyclic) bond motifs is 5. The predicted octanol–water partition coefficient (Wildman–Crippen LogP) is 9.73. The van der Waals surface area contributed by atoms with E-state index >= 15 is 0 Å². The average molecular weight is 524 g/mol. The first kappa shape index (κ1) is 23.4. The molecule has 0 spiro atoms. The number of hydrogen-bond donors (Lipinski definition) is 0. The lowest BCUT2D eigenvalue weighted by Crippen LogP contribution is -1.94. The topological polar surface area (TPSA) is 30.7 Å². The van der Waals surface area contributed by atoms with Crippen molar-refractivity contribution in [2.75, 3.05) is 0 Å². The molecule has 0 amide bonds. The van der Waals surface area contributed by atoms with E-state index in [0.717, 1.165) is 5.69 Å². The van der Waals surface area contributed by atoms with E-state index in [9.17, 15) is 0 Å². The highest BCUT2D eigenvalue weighted by Gasteiger charge is 2.16. The Morgan fingerprint density at radius 3 is 1.59 bits per heavy atom. The third-order valence-electron chi connectivity index (χ3n) is 8.00. The van der Waals surface area contributed by atoms with E-state index in [1.54, 1.807) is 0 Å². The lowest BCUT2D eigenvalue weighted by atomic mass is 9.99. The third kappa shape index (κ3) is 3.98. The predicted molar refractivity (Wildman–Crippen MR) is 170 cm³/mol. The molecule has 0 saturated carbocycles. The van der Waals surface area contributed by atoms with Gasteiger partial charge in [-0.05, 0) is 87.3 Å². The highest BCUT2D eigenvalue weighted by molar-refractivity contribution is 6.19. The molecule has 3 nitrogen and oxygen atoms in total. The zero-order valence-corrected chi connectivity index (χ0v) is 22.3. The van der Waals surface area contributed by atoms with Crippen molar-refractivity contribution in [1.29, 1.82) is 0 Å². The minimum atomic E-state index is 1.16. The van der Waals surface area contributed by atoms with Crippen LogP contribution in [0.2, 0.25) is 0 Å². The van der Waals surface area contributed by atoms with Gasteiger partial charge in [0, 0.05) is 46.6 Å². The summed E-state index contributed by atoms with van der Waals surface area (Å²) in [6, 6.07) is 45.9. The quantitative estimate of drug-likeness (QED) is 0.230. The number of hydrogen-bond acceptors (Lipinski definition) is 2. The van der Waals surface area contributed by atoms with Crippen molar-refractivity contribution in [2.45, 2.75) is 0 Å². The first-order chi connectivity index (χ1) is 20.3. The van der Waals surface area contributed by atoms with Gasteiger partial charge in [-0.1, -0.05) is 78.9 Å². The van der Waals surface area contributed by atoms with Crippen LogP contribution in [0.4, 0.5) is 0 Å². The second kappa shape index (κ2) is 9.58. The van der Waals surface area contributed by atoms with Gasteiger partial charge in [0.05, 0.1) is 11.0 Å². The average Bonchev–Trinajstić information content (AvgIpc) is 3.40. The van der Waals surface area contributed by atoms with Gasteiger partial charge in [-0.3, -0.25) is 9.97 Å². The van der Waals surface area contributed by atoms with Gasteiger partial charge in [0.15, 0.2) is 0 Å². The molecule has 3 aromatic heterocycles. The Bertz CT molecular complexity index is 2160. The van der Waals surface area contributed by atoms with Crippen LogP contribution in [-0.4, -0.2) is 14.5 Å². The Kier molecular flexibility index (Phi) is 5.46. The van der Waals surface area contributed by atoms with E-state index in [0.29, 0.717) is 0 Å². The monoisotopic (exact) mass is 523 g/mol. The van der Waals surface area contributed by atoms with Crippen molar-refractivity contribution >= 4 is 32.6 Å². The highest BCUT2D eigenvalue weighted by Crippen LogP contribution is 2.39. The zero-order valence-electron chi connectivity index (χ0n) is 22.3. The summed E-state index contributed by atoms with van der Waals surface area (Å²) in [4.78, 5) is 8.33. The van der Waals surface area contributed by atoms with Crippen LogP contribution in [0.1, 0.15) is 0 Å². The van der Waals surface area contributed by atoms with Crippen LogP contribution in [0.5, 0.6) is 0 Å². The fraction of sp³-hybridized carbons (Fsp3) is 0. The lowest BCUT2D eigenvalue weighted by Gasteiger charge is -2.11. The Hall–Kier alpha value is -5.54. The van der Waals surface area contributed by atoms with Crippen molar-refractivity contribution in [2.24, 2.45) is 0 Å². The molecule has 3 heterocycles. The molecule has 8 rings (SSSR count). The van der Waals surface area contributed by atoms with E-state index < -0.39 is 0 Å². The largest absolute Gasteiger partial charge is 0.309 e. The van der Waals surface area contributed by atoms with E-state index in [1.165, 1.54) is 66.0 Å². The molecule has 0 aliphatic heterocycles.